The van der Waals surface area contributed by atoms with Gasteiger partial charge in [0.05, 0.1) is 0 Å². The SMILES string of the molecule is CC(C)c1cc2c(-c3ccccc3)cccc2[cH-]1.C[Si](C)=[Zr+2].Cc1cc(C)cc(-c2cc(-c3cc(C)cc(C)c3)c3cc(C)[cH-]c3c2)c1.[Cl-].[Cl-]. The molecule has 0 aliphatic carbocycles. The molecule has 7 aromatic rings. The predicted molar refractivity (Wildman–Crippen MR) is 211 cm³/mol. The summed E-state index contributed by atoms with van der Waals surface area (Å²) in [5.74, 6) is 0.584. The Balaban J connectivity index is 0.000000247. The Kier molecular flexibility index (Phi) is 15.3. The van der Waals surface area contributed by atoms with Gasteiger partial charge in [0.1, 0.15) is 0 Å². The van der Waals surface area contributed by atoms with Gasteiger partial charge >= 0.3 is 41.9 Å². The van der Waals surface area contributed by atoms with E-state index in [9.17, 15) is 0 Å². The van der Waals surface area contributed by atoms with Crippen LogP contribution in [0, 0.1) is 34.6 Å². The van der Waals surface area contributed by atoms with Crippen LogP contribution in [-0.4, -0.2) is 5.43 Å². The smallest absolute Gasteiger partial charge is 0.0271 e. The predicted octanol–water partition coefficient (Wildman–Crippen LogP) is 7.58. The minimum Gasteiger partial charge on any atom is -1.00 e. The average molecular weight is 791 g/mol. The number of hydrogen-bond donors (Lipinski definition) is 0. The number of fused-ring (bicyclic) bond motifs is 2. The third-order valence-electron chi connectivity index (χ3n) is 8.58. The first-order valence-corrected chi connectivity index (χ1v) is 23.2. The summed E-state index contributed by atoms with van der Waals surface area (Å²) in [6.07, 6.45) is 0. The molecule has 0 unspecified atom stereocenters. The topological polar surface area (TPSA) is 0 Å². The van der Waals surface area contributed by atoms with E-state index in [1.165, 1.54) is 88.3 Å². The molecule has 0 amide bonds. The molecular formula is C46H48Cl2SiZr-2. The first-order chi connectivity index (χ1) is 22.9. The van der Waals surface area contributed by atoms with Gasteiger partial charge in [0.2, 0.25) is 0 Å². The standard InChI is InChI=1S/C26H25.C18H17.C2H6Si.2ClH.Zr/c1-16-6-17(2)9-21(8-16)22-14-24-12-20(5)13-25(24)26(15-22)23-10-18(3)7-19(4)11-23;1-13(2)16-11-15-9-6-10-17(18(15)12-16)14-7-4-3-5-8-14;1-3-2;;;/h6-15H,1-5H3;3-13H,1-2H3;1-2H3;2*1H;/q2*-1;;;;+2/p-2. The molecule has 0 N–H and O–H groups in total. The third kappa shape index (κ3) is 10.5. The van der Waals surface area contributed by atoms with Gasteiger partial charge < -0.3 is 24.8 Å². The van der Waals surface area contributed by atoms with Crippen molar-refractivity contribution in [2.45, 2.75) is 67.5 Å². The van der Waals surface area contributed by atoms with E-state index in [0.29, 0.717) is 5.92 Å². The third-order valence-corrected chi connectivity index (χ3v) is 8.58. The Morgan fingerprint density at radius 3 is 1.58 bits per heavy atom. The molecule has 7 rings (SSSR count). The second-order valence-corrected chi connectivity index (χ2v) is 23.3. The summed E-state index contributed by atoms with van der Waals surface area (Å²) in [7, 11) is 0. The van der Waals surface area contributed by atoms with Gasteiger partial charge in [0.15, 0.2) is 0 Å². The summed E-state index contributed by atoms with van der Waals surface area (Å²) in [6, 6.07) is 44.8. The van der Waals surface area contributed by atoms with Crippen LogP contribution in [0.25, 0.3) is 54.9 Å². The van der Waals surface area contributed by atoms with E-state index < -0.39 is 0 Å². The normalized spacial score (nSPS) is 10.5. The van der Waals surface area contributed by atoms with E-state index in [-0.39, 0.29) is 30.2 Å². The fourth-order valence-corrected chi connectivity index (χ4v) is 6.61. The van der Waals surface area contributed by atoms with E-state index in [2.05, 4.69) is 183 Å². The van der Waals surface area contributed by atoms with E-state index in [1.54, 1.807) is 23.3 Å². The summed E-state index contributed by atoms with van der Waals surface area (Å²) >= 11 is 1.74. The average Bonchev–Trinajstić information content (AvgIpc) is 3.63. The molecule has 7 aromatic carbocycles. The zero-order valence-electron chi connectivity index (χ0n) is 30.9. The van der Waals surface area contributed by atoms with Crippen molar-refractivity contribution < 1.29 is 48.1 Å². The fourth-order valence-electron chi connectivity index (χ4n) is 6.61. The van der Waals surface area contributed by atoms with Gasteiger partial charge in [-0.1, -0.05) is 139 Å². The summed E-state index contributed by atoms with van der Waals surface area (Å²) < 4.78 is 0. The van der Waals surface area contributed by atoms with Crippen LogP contribution >= 0.6 is 0 Å². The molecule has 0 aromatic heterocycles. The number of halogens is 2. The second kappa shape index (κ2) is 18.5. The van der Waals surface area contributed by atoms with Gasteiger partial charge in [-0.25, -0.2) is 0 Å². The van der Waals surface area contributed by atoms with Gasteiger partial charge in [-0.05, 0) is 50.3 Å². The quantitative estimate of drug-likeness (QED) is 0.128. The van der Waals surface area contributed by atoms with Crippen LogP contribution in [-0.2, 0) is 23.3 Å². The van der Waals surface area contributed by atoms with Gasteiger partial charge in [0.25, 0.3) is 0 Å². The van der Waals surface area contributed by atoms with Crippen molar-refractivity contribution in [2.24, 2.45) is 0 Å². The fraction of sp³-hybridized carbons (Fsp3) is 0.217. The molecule has 0 bridgehead atoms. The van der Waals surface area contributed by atoms with Crippen LogP contribution in [0.4, 0.5) is 0 Å². The van der Waals surface area contributed by atoms with Crippen molar-refractivity contribution in [3.63, 3.8) is 0 Å². The first-order valence-electron chi connectivity index (χ1n) is 17.0. The molecule has 0 aliphatic heterocycles. The van der Waals surface area contributed by atoms with Gasteiger partial charge in [0, 0.05) is 0 Å². The maximum atomic E-state index is 2.37. The number of hydrogen-bond acceptors (Lipinski definition) is 0. The van der Waals surface area contributed by atoms with Crippen LogP contribution in [0.1, 0.15) is 53.1 Å². The summed E-state index contributed by atoms with van der Waals surface area (Å²) in [5, 5.41) is 5.39. The Morgan fingerprint density at radius 1 is 0.500 bits per heavy atom. The summed E-state index contributed by atoms with van der Waals surface area (Å²) in [4.78, 5) is 0. The molecule has 0 nitrogen and oxygen atoms in total. The van der Waals surface area contributed by atoms with Crippen molar-refractivity contribution in [3.8, 4) is 33.4 Å². The molecule has 0 saturated heterocycles. The Hall–Kier alpha value is -3.00. The van der Waals surface area contributed by atoms with Crippen LogP contribution in [0.5, 0.6) is 0 Å². The maximum Gasteiger partial charge on any atom is -0.0271 e. The van der Waals surface area contributed by atoms with Crippen LogP contribution in [0.3, 0.4) is 0 Å². The van der Waals surface area contributed by atoms with E-state index >= 15 is 0 Å². The number of aryl methyl sites for hydroxylation is 5. The molecule has 0 spiro atoms. The van der Waals surface area contributed by atoms with E-state index in [1.807, 2.05) is 0 Å². The largest absolute Gasteiger partial charge is 1.00 e. The molecule has 0 aliphatic rings. The van der Waals surface area contributed by atoms with Crippen molar-refractivity contribution in [2.75, 3.05) is 0 Å². The maximum absolute atomic E-state index is 2.37. The minimum atomic E-state index is 0. The van der Waals surface area contributed by atoms with Gasteiger partial charge in [-0.3, -0.25) is 0 Å². The van der Waals surface area contributed by atoms with E-state index in [0.717, 1.165) is 0 Å². The van der Waals surface area contributed by atoms with Gasteiger partial charge in [-0.2, -0.15) is 12.1 Å². The first kappa shape index (κ1) is 41.4. The second-order valence-electron chi connectivity index (χ2n) is 13.9. The zero-order chi connectivity index (χ0) is 34.5. The summed E-state index contributed by atoms with van der Waals surface area (Å²) in [6.45, 7) is 20.0. The molecule has 50 heavy (non-hydrogen) atoms. The van der Waals surface area contributed by atoms with Crippen molar-refractivity contribution in [3.05, 3.63) is 155 Å². The molecule has 256 valence electrons. The van der Waals surface area contributed by atoms with Crippen molar-refractivity contribution in [1.82, 2.24) is 0 Å². The van der Waals surface area contributed by atoms with Crippen LogP contribution < -0.4 is 24.8 Å². The Bertz CT molecular complexity index is 2160. The number of rotatable bonds is 4. The molecule has 4 heteroatoms. The van der Waals surface area contributed by atoms with Crippen molar-refractivity contribution in [1.29, 1.82) is 0 Å². The molecule has 0 heterocycles. The summed E-state index contributed by atoms with van der Waals surface area (Å²) in [5.41, 5.74) is 16.1. The Morgan fingerprint density at radius 2 is 1.02 bits per heavy atom. The van der Waals surface area contributed by atoms with E-state index in [4.69, 9.17) is 0 Å². The Labute approximate surface area is 328 Å². The monoisotopic (exact) mass is 788 g/mol. The zero-order valence-corrected chi connectivity index (χ0v) is 35.9. The molecule has 0 saturated carbocycles. The molecular weight excluding hydrogens is 743 g/mol. The molecule has 0 atom stereocenters. The van der Waals surface area contributed by atoms with Crippen molar-refractivity contribution >= 4 is 27.0 Å². The molecule has 0 radical (unpaired) electrons. The molecule has 0 fully saturated rings. The van der Waals surface area contributed by atoms with Crippen LogP contribution in [0.2, 0.25) is 13.1 Å². The number of benzene rings is 5. The van der Waals surface area contributed by atoms with Gasteiger partial charge in [-0.15, -0.1) is 63.0 Å². The minimum absolute atomic E-state index is 0. The van der Waals surface area contributed by atoms with Crippen LogP contribution in [0.15, 0.2) is 121 Å².